The number of likely N-dealkylation sites (N-methyl/N-ethyl adjacent to an activating group) is 1. The monoisotopic (exact) mass is 605 g/mol. The summed E-state index contributed by atoms with van der Waals surface area (Å²) in [7, 11) is 2.01. The molecule has 2 aromatic heterocycles. The van der Waals surface area contributed by atoms with Gasteiger partial charge in [-0.25, -0.2) is 19.2 Å². The van der Waals surface area contributed by atoms with E-state index in [4.69, 9.17) is 26.1 Å². The first kappa shape index (κ1) is 28.1. The minimum absolute atomic E-state index is 0.0109. The Labute approximate surface area is 253 Å². The first-order valence-electron chi connectivity index (χ1n) is 14.7. The molecular weight excluding hydrogens is 573 g/mol. The third-order valence-electron chi connectivity index (χ3n) is 9.03. The molecule has 2 saturated heterocycles. The van der Waals surface area contributed by atoms with E-state index in [1.807, 2.05) is 23.7 Å². The average molecular weight is 606 g/mol. The molecule has 3 aliphatic rings. The van der Waals surface area contributed by atoms with Gasteiger partial charge >= 0.3 is 5.97 Å². The van der Waals surface area contributed by atoms with Gasteiger partial charge in [0.2, 0.25) is 0 Å². The van der Waals surface area contributed by atoms with Crippen molar-refractivity contribution in [1.29, 1.82) is 0 Å². The largest absolute Gasteiger partial charge is 0.489 e. The van der Waals surface area contributed by atoms with E-state index < -0.39 is 5.97 Å². The lowest BCUT2D eigenvalue weighted by Crippen LogP contribution is -2.37. The summed E-state index contributed by atoms with van der Waals surface area (Å²) in [5.74, 6) is 0.645. The lowest BCUT2D eigenvalue weighted by molar-refractivity contribution is -0.0593. The molecule has 3 aliphatic heterocycles. The van der Waals surface area contributed by atoms with Gasteiger partial charge in [-0.05, 0) is 74.2 Å². The zero-order valence-electron chi connectivity index (χ0n) is 23.9. The molecule has 1 N–H and O–H groups in total. The number of carboxylic acids is 1. The summed E-state index contributed by atoms with van der Waals surface area (Å²) in [6.45, 7) is 4.12. The van der Waals surface area contributed by atoms with Crippen molar-refractivity contribution >= 4 is 34.4 Å². The molecule has 0 saturated carbocycles. The number of fused-ring (bicyclic) bond motifs is 2. The second-order valence-electron chi connectivity index (χ2n) is 11.6. The van der Waals surface area contributed by atoms with Crippen molar-refractivity contribution < 1.29 is 23.8 Å². The maximum Gasteiger partial charge on any atom is 0.354 e. The van der Waals surface area contributed by atoms with E-state index in [9.17, 15) is 14.3 Å². The summed E-state index contributed by atoms with van der Waals surface area (Å²) in [6, 6.07) is 14.0. The fourth-order valence-electron chi connectivity index (χ4n) is 6.58. The van der Waals surface area contributed by atoms with E-state index in [1.54, 1.807) is 18.2 Å². The fourth-order valence-corrected chi connectivity index (χ4v) is 6.74. The third-order valence-corrected chi connectivity index (χ3v) is 9.27. The third kappa shape index (κ3) is 5.32. The van der Waals surface area contributed by atoms with Crippen LogP contribution < -0.4 is 9.64 Å². The number of carbonyl (C=O) groups is 1. The van der Waals surface area contributed by atoms with Crippen LogP contribution in [0.25, 0.3) is 11.2 Å². The van der Waals surface area contributed by atoms with Crippen LogP contribution in [0.2, 0.25) is 5.02 Å². The van der Waals surface area contributed by atoms with Crippen LogP contribution in [0.5, 0.6) is 5.75 Å². The summed E-state index contributed by atoms with van der Waals surface area (Å²) in [4.78, 5) is 25.4. The number of hydrogen-bond acceptors (Lipinski definition) is 7. The maximum absolute atomic E-state index is 14.9. The smallest absolute Gasteiger partial charge is 0.354 e. The summed E-state index contributed by atoms with van der Waals surface area (Å²) >= 11 is 6.02. The van der Waals surface area contributed by atoms with Gasteiger partial charge in [-0.1, -0.05) is 29.8 Å². The number of ether oxygens (including phenoxy) is 2. The number of nitrogens with zero attached hydrogens (tertiary/aromatic N) is 5. The number of imidazole rings is 1. The number of carboxylic acid groups (broad SMARTS) is 1. The lowest BCUT2D eigenvalue weighted by Gasteiger charge is -2.40. The number of para-hydroxylation sites is 1. The van der Waals surface area contributed by atoms with E-state index in [1.165, 1.54) is 17.7 Å². The highest BCUT2D eigenvalue weighted by Gasteiger charge is 2.33. The predicted molar refractivity (Wildman–Crippen MR) is 161 cm³/mol. The normalized spacial score (nSPS) is 21.0. The summed E-state index contributed by atoms with van der Waals surface area (Å²) in [6.07, 6.45) is 2.97. The van der Waals surface area contributed by atoms with Crippen molar-refractivity contribution in [3.63, 3.8) is 0 Å². The van der Waals surface area contributed by atoms with Crippen LogP contribution >= 0.6 is 11.6 Å². The molecule has 0 amide bonds. The van der Waals surface area contributed by atoms with Gasteiger partial charge in [0.15, 0.2) is 11.3 Å². The Kier molecular flexibility index (Phi) is 7.44. The van der Waals surface area contributed by atoms with Crippen molar-refractivity contribution in [2.75, 3.05) is 38.3 Å². The molecule has 11 heteroatoms. The number of aromatic nitrogens is 3. The number of anilines is 1. The Morgan fingerprint density at radius 1 is 1.09 bits per heavy atom. The fraction of sp³-hybridized carbons (Fsp3) is 0.406. The Bertz CT molecular complexity index is 1680. The van der Waals surface area contributed by atoms with Crippen LogP contribution in [0.3, 0.4) is 0 Å². The quantitative estimate of drug-likeness (QED) is 0.288. The van der Waals surface area contributed by atoms with E-state index >= 15 is 0 Å². The van der Waals surface area contributed by atoms with E-state index in [0.717, 1.165) is 56.2 Å². The molecule has 2 aromatic carbocycles. The zero-order valence-corrected chi connectivity index (χ0v) is 24.6. The molecular formula is C32H33ClFN5O4. The lowest BCUT2D eigenvalue weighted by atomic mass is 9.87. The Morgan fingerprint density at radius 3 is 2.63 bits per heavy atom. The van der Waals surface area contributed by atoms with E-state index in [2.05, 4.69) is 20.9 Å². The van der Waals surface area contributed by atoms with Gasteiger partial charge in [0, 0.05) is 24.2 Å². The van der Waals surface area contributed by atoms with Crippen LogP contribution in [-0.4, -0.2) is 70.0 Å². The van der Waals surface area contributed by atoms with Crippen molar-refractivity contribution in [2.45, 2.75) is 50.4 Å². The standard InChI is InChI=1S/C32H33ClFN5O4/c1-37-27(23-6-5-20(33)15-24(23)34)18-43-28-4-2-3-22(30(28)37)19-9-12-38(13-10-19)17-29-35-25-7-8-26(32(40)41)36-31(25)39(29)16-21-11-14-42-21/h2-8,15,19,21,27H,9-14,16-18H2,1H3,(H,40,41)/t21-,27+/m0/s1. The molecule has 5 heterocycles. The molecule has 224 valence electrons. The number of pyridine rings is 1. The summed E-state index contributed by atoms with van der Waals surface area (Å²) in [5, 5.41) is 9.87. The predicted octanol–water partition coefficient (Wildman–Crippen LogP) is 5.66. The van der Waals surface area contributed by atoms with Gasteiger partial charge in [-0.2, -0.15) is 0 Å². The topological polar surface area (TPSA) is 93.0 Å². The highest BCUT2D eigenvalue weighted by Crippen LogP contribution is 2.46. The average Bonchev–Trinajstić information content (AvgIpc) is 3.31. The molecule has 7 rings (SSSR count). The van der Waals surface area contributed by atoms with Gasteiger partial charge in [0.1, 0.15) is 29.5 Å². The van der Waals surface area contributed by atoms with Gasteiger partial charge < -0.3 is 24.0 Å². The summed E-state index contributed by atoms with van der Waals surface area (Å²) < 4.78 is 28.8. The molecule has 2 fully saturated rings. The van der Waals surface area contributed by atoms with Crippen LogP contribution in [-0.2, 0) is 17.8 Å². The zero-order chi connectivity index (χ0) is 29.7. The molecule has 2 atom stereocenters. The SMILES string of the molecule is CN1c2c(cccc2C2CCN(Cc3nc4ccc(C(=O)O)nc4n3C[C@@H]3CCO3)CC2)OC[C@@H]1c1ccc(Cl)cc1F. The summed E-state index contributed by atoms with van der Waals surface area (Å²) in [5.41, 5.74) is 4.11. The Morgan fingerprint density at radius 2 is 1.91 bits per heavy atom. The number of likely N-dealkylation sites (tertiary alicyclic amines) is 1. The van der Waals surface area contributed by atoms with Crippen LogP contribution in [0.4, 0.5) is 10.1 Å². The minimum atomic E-state index is -1.05. The molecule has 4 aromatic rings. The van der Waals surface area contributed by atoms with Gasteiger partial charge in [0.25, 0.3) is 0 Å². The van der Waals surface area contributed by atoms with Crippen LogP contribution in [0.1, 0.15) is 58.7 Å². The molecule has 0 bridgehead atoms. The van der Waals surface area contributed by atoms with Crippen molar-refractivity contribution in [1.82, 2.24) is 19.4 Å². The second kappa shape index (κ2) is 11.4. The van der Waals surface area contributed by atoms with Gasteiger partial charge in [-0.3, -0.25) is 4.90 Å². The van der Waals surface area contributed by atoms with Crippen molar-refractivity contribution in [3.8, 4) is 5.75 Å². The number of benzene rings is 2. The maximum atomic E-state index is 14.9. The number of piperidine rings is 1. The second-order valence-corrected chi connectivity index (χ2v) is 12.0. The molecule has 0 spiro atoms. The Balaban J connectivity index is 1.09. The van der Waals surface area contributed by atoms with Gasteiger partial charge in [-0.15, -0.1) is 0 Å². The van der Waals surface area contributed by atoms with E-state index in [0.29, 0.717) is 47.4 Å². The highest BCUT2D eigenvalue weighted by atomic mass is 35.5. The molecule has 43 heavy (non-hydrogen) atoms. The van der Waals surface area contributed by atoms with E-state index in [-0.39, 0.29) is 23.7 Å². The number of aromatic carboxylic acids is 1. The molecule has 0 aliphatic carbocycles. The number of rotatable bonds is 7. The molecule has 0 unspecified atom stereocenters. The molecule has 0 radical (unpaired) electrons. The van der Waals surface area contributed by atoms with Crippen molar-refractivity contribution in [2.24, 2.45) is 0 Å². The van der Waals surface area contributed by atoms with Crippen molar-refractivity contribution in [3.05, 3.63) is 82.0 Å². The van der Waals surface area contributed by atoms with Crippen LogP contribution in [0, 0.1) is 5.82 Å². The highest BCUT2D eigenvalue weighted by molar-refractivity contribution is 6.30. The number of hydrogen-bond donors (Lipinski definition) is 1. The first-order valence-corrected chi connectivity index (χ1v) is 15.1. The number of halogens is 2. The molecule has 9 nitrogen and oxygen atoms in total. The minimum Gasteiger partial charge on any atom is -0.489 e. The Hall–Kier alpha value is -3.73. The first-order chi connectivity index (χ1) is 20.9. The van der Waals surface area contributed by atoms with Gasteiger partial charge in [0.05, 0.1) is 30.9 Å². The van der Waals surface area contributed by atoms with Crippen LogP contribution in [0.15, 0.2) is 48.5 Å².